The van der Waals surface area contributed by atoms with Crippen molar-refractivity contribution in [3.63, 3.8) is 0 Å². The smallest absolute Gasteiger partial charge is 0.164 e. The lowest BCUT2D eigenvalue weighted by molar-refractivity contribution is 0.669. The number of benzene rings is 7. The minimum Gasteiger partial charge on any atom is -0.456 e. The van der Waals surface area contributed by atoms with Gasteiger partial charge in [-0.05, 0) is 42.5 Å². The first-order valence-corrected chi connectivity index (χ1v) is 17.8. The molecule has 0 bridgehead atoms. The first kappa shape index (κ1) is 28.2. The normalized spacial score (nSPS) is 11.9. The van der Waals surface area contributed by atoms with E-state index in [0.717, 1.165) is 44.3 Å². The van der Waals surface area contributed by atoms with E-state index in [1.807, 2.05) is 72.8 Å². The van der Waals surface area contributed by atoms with Gasteiger partial charge in [0.25, 0.3) is 0 Å². The molecule has 4 aromatic heterocycles. The molecule has 7 aromatic carbocycles. The fourth-order valence-electron chi connectivity index (χ4n) is 7.54. The number of hydrogen-bond donors (Lipinski definition) is 0. The molecule has 11 rings (SSSR count). The van der Waals surface area contributed by atoms with Crippen molar-refractivity contribution >= 4 is 75.3 Å². The summed E-state index contributed by atoms with van der Waals surface area (Å²) in [5, 5.41) is 7.00. The first-order valence-electron chi connectivity index (χ1n) is 16.9. The Balaban J connectivity index is 1.11. The van der Waals surface area contributed by atoms with Gasteiger partial charge >= 0.3 is 0 Å². The van der Waals surface area contributed by atoms with Crippen LogP contribution < -0.4 is 0 Å². The minimum atomic E-state index is 0.613. The molecule has 51 heavy (non-hydrogen) atoms. The Morgan fingerprint density at radius 1 is 0.431 bits per heavy atom. The van der Waals surface area contributed by atoms with Crippen LogP contribution in [0.2, 0.25) is 0 Å². The van der Waals surface area contributed by atoms with Crippen LogP contribution in [-0.2, 0) is 0 Å². The molecule has 6 heteroatoms. The lowest BCUT2D eigenvalue weighted by atomic mass is 10.0. The average molecular weight is 671 g/mol. The zero-order valence-electron chi connectivity index (χ0n) is 27.1. The SMILES string of the molecule is c1ccc(-c2nc(-c3ccccc3)nc(-c3cccc4oc5cc6sc7cc(-n8c9ccccc9c9ccccc98)ccc7c6cc5c34)n2)cc1. The van der Waals surface area contributed by atoms with Crippen molar-refractivity contribution < 1.29 is 4.42 Å². The second kappa shape index (κ2) is 10.9. The highest BCUT2D eigenvalue weighted by molar-refractivity contribution is 7.25. The molecule has 4 heterocycles. The fourth-order valence-corrected chi connectivity index (χ4v) is 8.69. The van der Waals surface area contributed by atoms with Gasteiger partial charge in [-0.1, -0.05) is 115 Å². The summed E-state index contributed by atoms with van der Waals surface area (Å²) >= 11 is 1.80. The molecule has 0 unspecified atom stereocenters. The van der Waals surface area contributed by atoms with Crippen LogP contribution >= 0.6 is 11.3 Å². The Morgan fingerprint density at radius 3 is 1.73 bits per heavy atom. The maximum absolute atomic E-state index is 6.56. The molecule has 0 saturated carbocycles. The van der Waals surface area contributed by atoms with E-state index < -0.39 is 0 Å². The lowest BCUT2D eigenvalue weighted by Gasteiger charge is -2.09. The fraction of sp³-hybridized carbons (Fsp3) is 0. The molecular weight excluding hydrogens is 645 g/mol. The molecule has 11 aromatic rings. The third-order valence-electron chi connectivity index (χ3n) is 9.85. The summed E-state index contributed by atoms with van der Waals surface area (Å²) in [5.74, 6) is 1.88. The molecule has 0 aliphatic carbocycles. The quantitative estimate of drug-likeness (QED) is 0.187. The molecular formula is C45H26N4OS. The van der Waals surface area contributed by atoms with Crippen molar-refractivity contribution in [2.75, 3.05) is 0 Å². The van der Waals surface area contributed by atoms with Crippen LogP contribution in [-0.4, -0.2) is 19.5 Å². The first-order chi connectivity index (χ1) is 25.3. The topological polar surface area (TPSA) is 56.7 Å². The predicted molar refractivity (Wildman–Crippen MR) is 211 cm³/mol. The van der Waals surface area contributed by atoms with Gasteiger partial charge in [-0.2, -0.15) is 0 Å². The van der Waals surface area contributed by atoms with Crippen molar-refractivity contribution in [2.24, 2.45) is 0 Å². The molecule has 0 spiro atoms. The molecule has 0 aliphatic rings. The van der Waals surface area contributed by atoms with Crippen LogP contribution in [0.4, 0.5) is 0 Å². The monoisotopic (exact) mass is 670 g/mol. The Morgan fingerprint density at radius 2 is 1.04 bits per heavy atom. The van der Waals surface area contributed by atoms with Gasteiger partial charge < -0.3 is 8.98 Å². The maximum Gasteiger partial charge on any atom is 0.164 e. The van der Waals surface area contributed by atoms with Crippen LogP contribution in [0.15, 0.2) is 162 Å². The van der Waals surface area contributed by atoms with E-state index in [2.05, 4.69) is 89.5 Å². The van der Waals surface area contributed by atoms with Crippen LogP contribution in [0.3, 0.4) is 0 Å². The van der Waals surface area contributed by atoms with Gasteiger partial charge in [-0.3, -0.25) is 0 Å². The summed E-state index contributed by atoms with van der Waals surface area (Å²) in [6.45, 7) is 0. The molecule has 0 N–H and O–H groups in total. The molecule has 0 saturated heterocycles. The molecule has 0 atom stereocenters. The van der Waals surface area contributed by atoms with Gasteiger partial charge in [-0.25, -0.2) is 15.0 Å². The number of para-hydroxylation sites is 2. The average Bonchev–Trinajstić information content (AvgIpc) is 3.86. The zero-order chi connectivity index (χ0) is 33.5. The highest BCUT2D eigenvalue weighted by Gasteiger charge is 2.20. The lowest BCUT2D eigenvalue weighted by Crippen LogP contribution is -2.00. The van der Waals surface area contributed by atoms with Gasteiger partial charge in [0.05, 0.1) is 11.0 Å². The van der Waals surface area contributed by atoms with E-state index in [-0.39, 0.29) is 0 Å². The van der Waals surface area contributed by atoms with Crippen LogP contribution in [0.1, 0.15) is 0 Å². The molecule has 0 fully saturated rings. The van der Waals surface area contributed by atoms with Gasteiger partial charge in [-0.15, -0.1) is 11.3 Å². The van der Waals surface area contributed by atoms with Gasteiger partial charge in [0, 0.05) is 64.1 Å². The third kappa shape index (κ3) is 4.37. The molecule has 5 nitrogen and oxygen atoms in total. The van der Waals surface area contributed by atoms with Gasteiger partial charge in [0.2, 0.25) is 0 Å². The minimum absolute atomic E-state index is 0.613. The van der Waals surface area contributed by atoms with Crippen LogP contribution in [0.25, 0.3) is 104 Å². The van der Waals surface area contributed by atoms with Crippen LogP contribution in [0, 0.1) is 0 Å². The summed E-state index contributed by atoms with van der Waals surface area (Å²) in [7, 11) is 0. The number of thiophene rings is 1. The van der Waals surface area contributed by atoms with Crippen molar-refractivity contribution in [3.8, 4) is 39.9 Å². The van der Waals surface area contributed by atoms with Crippen molar-refractivity contribution in [1.82, 2.24) is 19.5 Å². The van der Waals surface area contributed by atoms with E-state index in [0.29, 0.717) is 17.5 Å². The van der Waals surface area contributed by atoms with Gasteiger partial charge in [0.1, 0.15) is 11.2 Å². The highest BCUT2D eigenvalue weighted by atomic mass is 32.1. The number of furan rings is 1. The van der Waals surface area contributed by atoms with Crippen molar-refractivity contribution in [3.05, 3.63) is 158 Å². The van der Waals surface area contributed by atoms with Crippen LogP contribution in [0.5, 0.6) is 0 Å². The third-order valence-corrected chi connectivity index (χ3v) is 11.0. The van der Waals surface area contributed by atoms with E-state index in [4.69, 9.17) is 19.4 Å². The van der Waals surface area contributed by atoms with Crippen molar-refractivity contribution in [1.29, 1.82) is 0 Å². The summed E-state index contributed by atoms with van der Waals surface area (Å²) in [4.78, 5) is 15.0. The molecule has 0 aliphatic heterocycles. The van der Waals surface area contributed by atoms with E-state index in [1.54, 1.807) is 11.3 Å². The number of aromatic nitrogens is 4. The molecule has 238 valence electrons. The molecule has 0 amide bonds. The number of rotatable bonds is 4. The standard InChI is InChI=1S/C45H26N4OS/c1-3-12-27(13-4-1)43-46-44(28-14-5-2-6-15-28)48-45(47-43)33-18-11-21-38-42(33)35-25-34-32-23-22-29(24-40(32)51-41(34)26-39(35)50-38)49-36-19-9-7-16-30(36)31-17-8-10-20-37(31)49/h1-26H. The maximum atomic E-state index is 6.56. The Bertz CT molecular complexity index is 3030. The predicted octanol–water partition coefficient (Wildman–Crippen LogP) is 12.2. The van der Waals surface area contributed by atoms with E-state index in [9.17, 15) is 0 Å². The summed E-state index contributed by atoms with van der Waals surface area (Å²) in [5.41, 5.74) is 8.01. The van der Waals surface area contributed by atoms with E-state index in [1.165, 1.54) is 42.0 Å². The molecule has 0 radical (unpaired) electrons. The number of fused-ring (bicyclic) bond motifs is 9. The number of nitrogens with zero attached hydrogens (tertiary/aromatic N) is 4. The summed E-state index contributed by atoms with van der Waals surface area (Å²) in [6, 6.07) is 54.9. The number of hydrogen-bond acceptors (Lipinski definition) is 5. The summed E-state index contributed by atoms with van der Waals surface area (Å²) in [6.07, 6.45) is 0. The zero-order valence-corrected chi connectivity index (χ0v) is 27.9. The van der Waals surface area contributed by atoms with Gasteiger partial charge in [0.15, 0.2) is 17.5 Å². The van der Waals surface area contributed by atoms with Crippen molar-refractivity contribution in [2.45, 2.75) is 0 Å². The second-order valence-corrected chi connectivity index (χ2v) is 13.9. The Labute approximate surface area is 295 Å². The van der Waals surface area contributed by atoms with E-state index >= 15 is 0 Å². The summed E-state index contributed by atoms with van der Waals surface area (Å²) < 4.78 is 11.4. The Kier molecular flexibility index (Phi) is 6.05. The largest absolute Gasteiger partial charge is 0.456 e. The highest BCUT2D eigenvalue weighted by Crippen LogP contribution is 2.43. The second-order valence-electron chi connectivity index (χ2n) is 12.8. The Hall–Kier alpha value is -6.63.